The van der Waals surface area contributed by atoms with Crippen LogP contribution in [0.2, 0.25) is 0 Å². The van der Waals surface area contributed by atoms with Crippen LogP contribution in [0.5, 0.6) is 0 Å². The van der Waals surface area contributed by atoms with Gasteiger partial charge in [0.2, 0.25) is 10.0 Å². The summed E-state index contributed by atoms with van der Waals surface area (Å²) in [5, 5.41) is 0. The van der Waals surface area contributed by atoms with Gasteiger partial charge in [0, 0.05) is 0 Å². The third-order valence-electron chi connectivity index (χ3n) is 1.44. The van der Waals surface area contributed by atoms with Crippen molar-refractivity contribution in [1.82, 2.24) is 4.72 Å². The van der Waals surface area contributed by atoms with Crippen LogP contribution in [-0.2, 0) is 19.6 Å². The Hall–Kier alpha value is -0.620. The SMILES string of the molecule is COC(=O)CNS(=O)(=O)C(C)(C)C. The largest absolute Gasteiger partial charge is 0.468 e. The van der Waals surface area contributed by atoms with Gasteiger partial charge in [-0.3, -0.25) is 4.79 Å². The van der Waals surface area contributed by atoms with E-state index in [9.17, 15) is 13.2 Å². The molecule has 0 aromatic rings. The fourth-order valence-corrected chi connectivity index (χ4v) is 1.18. The van der Waals surface area contributed by atoms with Gasteiger partial charge in [0.1, 0.15) is 6.54 Å². The van der Waals surface area contributed by atoms with E-state index in [1.807, 2.05) is 0 Å². The van der Waals surface area contributed by atoms with Crippen LogP contribution in [0.15, 0.2) is 0 Å². The molecular formula is C7H15NO4S. The zero-order chi connectivity index (χ0) is 10.7. The van der Waals surface area contributed by atoms with Crippen molar-refractivity contribution in [1.29, 1.82) is 0 Å². The van der Waals surface area contributed by atoms with Crippen molar-refractivity contribution in [3.63, 3.8) is 0 Å². The molecule has 0 unspecified atom stereocenters. The lowest BCUT2D eigenvalue weighted by molar-refractivity contribution is -0.139. The minimum absolute atomic E-state index is 0.323. The second kappa shape index (κ2) is 4.06. The van der Waals surface area contributed by atoms with Gasteiger partial charge in [-0.25, -0.2) is 13.1 Å². The Balaban J connectivity index is 4.30. The first-order valence-electron chi connectivity index (χ1n) is 3.77. The molecule has 1 N–H and O–H groups in total. The van der Waals surface area contributed by atoms with E-state index in [1.165, 1.54) is 7.11 Å². The molecule has 0 radical (unpaired) electrons. The summed E-state index contributed by atoms with van der Waals surface area (Å²) in [6, 6.07) is 0. The van der Waals surface area contributed by atoms with E-state index in [0.29, 0.717) is 0 Å². The maximum atomic E-state index is 11.4. The lowest BCUT2D eigenvalue weighted by Gasteiger charge is -2.18. The molecule has 5 nitrogen and oxygen atoms in total. The molecule has 0 aliphatic rings. The minimum atomic E-state index is -3.45. The highest BCUT2D eigenvalue weighted by atomic mass is 32.2. The van der Waals surface area contributed by atoms with E-state index >= 15 is 0 Å². The van der Waals surface area contributed by atoms with Gasteiger partial charge in [-0.05, 0) is 20.8 Å². The third kappa shape index (κ3) is 3.73. The number of esters is 1. The Labute approximate surface area is 78.5 Å². The van der Waals surface area contributed by atoms with Crippen molar-refractivity contribution < 1.29 is 17.9 Å². The summed E-state index contributed by atoms with van der Waals surface area (Å²) in [5.74, 6) is -0.604. The quantitative estimate of drug-likeness (QED) is 0.658. The lowest BCUT2D eigenvalue weighted by atomic mass is 10.3. The van der Waals surface area contributed by atoms with Crippen LogP contribution >= 0.6 is 0 Å². The normalized spacial score (nSPS) is 12.6. The summed E-state index contributed by atoms with van der Waals surface area (Å²) < 4.78 is 28.2. The average molecular weight is 209 g/mol. The number of carbonyl (C=O) groups excluding carboxylic acids is 1. The molecule has 0 rings (SSSR count). The summed E-state index contributed by atoms with van der Waals surface area (Å²) in [7, 11) is -2.25. The molecule has 6 heteroatoms. The maximum absolute atomic E-state index is 11.4. The summed E-state index contributed by atoms with van der Waals surface area (Å²) in [6.45, 7) is 4.32. The molecule has 0 saturated carbocycles. The molecule has 0 aromatic carbocycles. The summed E-state index contributed by atoms with van der Waals surface area (Å²) >= 11 is 0. The highest BCUT2D eigenvalue weighted by molar-refractivity contribution is 7.90. The number of sulfonamides is 1. The summed E-state index contributed by atoms with van der Waals surface area (Å²) in [4.78, 5) is 10.6. The second-order valence-corrected chi connectivity index (χ2v) is 6.03. The van der Waals surface area contributed by atoms with Crippen LogP contribution in [-0.4, -0.2) is 32.8 Å². The Bertz CT molecular complexity index is 275. The van der Waals surface area contributed by atoms with Gasteiger partial charge in [0.25, 0.3) is 0 Å². The first kappa shape index (κ1) is 12.4. The number of ether oxygens (including phenoxy) is 1. The molecule has 0 atom stereocenters. The van der Waals surface area contributed by atoms with Gasteiger partial charge in [-0.1, -0.05) is 0 Å². The molecule has 0 fully saturated rings. The number of rotatable bonds is 3. The maximum Gasteiger partial charge on any atom is 0.320 e. The van der Waals surface area contributed by atoms with Crippen LogP contribution in [0.1, 0.15) is 20.8 Å². The van der Waals surface area contributed by atoms with Gasteiger partial charge in [0.15, 0.2) is 0 Å². The Morgan fingerprint density at radius 1 is 1.38 bits per heavy atom. The second-order valence-electron chi connectivity index (χ2n) is 3.51. The van der Waals surface area contributed by atoms with Gasteiger partial charge in [-0.15, -0.1) is 0 Å². The van der Waals surface area contributed by atoms with Gasteiger partial charge in [0.05, 0.1) is 11.9 Å². The molecule has 0 aromatic heterocycles. The molecule has 0 spiro atoms. The molecule has 0 aliphatic carbocycles. The van der Waals surface area contributed by atoms with Crippen molar-refractivity contribution in [3.05, 3.63) is 0 Å². The molecule has 78 valence electrons. The van der Waals surface area contributed by atoms with E-state index in [4.69, 9.17) is 0 Å². The molecule has 0 saturated heterocycles. The van der Waals surface area contributed by atoms with E-state index in [0.717, 1.165) is 0 Å². The van der Waals surface area contributed by atoms with E-state index in [2.05, 4.69) is 9.46 Å². The van der Waals surface area contributed by atoms with E-state index in [-0.39, 0.29) is 6.54 Å². The molecule has 0 aliphatic heterocycles. The zero-order valence-corrected chi connectivity index (χ0v) is 9.06. The van der Waals surface area contributed by atoms with Crippen LogP contribution in [0.25, 0.3) is 0 Å². The number of nitrogens with one attached hydrogen (secondary N) is 1. The van der Waals surface area contributed by atoms with Crippen molar-refractivity contribution in [2.45, 2.75) is 25.5 Å². The smallest absolute Gasteiger partial charge is 0.320 e. The number of carbonyl (C=O) groups is 1. The van der Waals surface area contributed by atoms with Crippen LogP contribution in [0.4, 0.5) is 0 Å². The minimum Gasteiger partial charge on any atom is -0.468 e. The molecular weight excluding hydrogens is 194 g/mol. The highest BCUT2D eigenvalue weighted by Crippen LogP contribution is 2.12. The van der Waals surface area contributed by atoms with Crippen molar-refractivity contribution in [3.8, 4) is 0 Å². The number of hydrogen-bond acceptors (Lipinski definition) is 4. The first-order chi connectivity index (χ1) is 5.70. The Morgan fingerprint density at radius 3 is 2.15 bits per heavy atom. The van der Waals surface area contributed by atoms with Crippen LogP contribution in [0.3, 0.4) is 0 Å². The molecule has 0 bridgehead atoms. The van der Waals surface area contributed by atoms with Gasteiger partial charge >= 0.3 is 5.97 Å². The van der Waals surface area contributed by atoms with Crippen molar-refractivity contribution in [2.75, 3.05) is 13.7 Å². The molecule has 13 heavy (non-hydrogen) atoms. The molecule has 0 heterocycles. The van der Waals surface area contributed by atoms with Crippen LogP contribution < -0.4 is 4.72 Å². The zero-order valence-electron chi connectivity index (χ0n) is 8.25. The summed E-state index contributed by atoms with van der Waals surface area (Å²) in [5.41, 5.74) is 0. The number of methoxy groups -OCH3 is 1. The van der Waals surface area contributed by atoms with Gasteiger partial charge < -0.3 is 4.74 Å². The van der Waals surface area contributed by atoms with Crippen LogP contribution in [0, 0.1) is 0 Å². The van der Waals surface area contributed by atoms with Gasteiger partial charge in [-0.2, -0.15) is 0 Å². The van der Waals surface area contributed by atoms with Crippen molar-refractivity contribution >= 4 is 16.0 Å². The van der Waals surface area contributed by atoms with Crippen molar-refractivity contribution in [2.24, 2.45) is 0 Å². The highest BCUT2D eigenvalue weighted by Gasteiger charge is 2.28. The third-order valence-corrected chi connectivity index (χ3v) is 3.58. The predicted molar refractivity (Wildman–Crippen MR) is 48.7 cm³/mol. The monoisotopic (exact) mass is 209 g/mol. The lowest BCUT2D eigenvalue weighted by Crippen LogP contribution is -2.41. The topological polar surface area (TPSA) is 72.5 Å². The Morgan fingerprint density at radius 2 is 1.85 bits per heavy atom. The Kier molecular flexibility index (Phi) is 3.87. The standard InChI is InChI=1S/C7H15NO4S/c1-7(2,3)13(10,11)8-5-6(9)12-4/h8H,5H2,1-4H3. The fourth-order valence-electron chi connectivity index (χ4n) is 0.443. The average Bonchev–Trinajstić information content (AvgIpc) is 1.98. The van der Waals surface area contributed by atoms with E-state index < -0.39 is 20.7 Å². The van der Waals surface area contributed by atoms with E-state index in [1.54, 1.807) is 20.8 Å². The number of hydrogen-bond donors (Lipinski definition) is 1. The fraction of sp³-hybridized carbons (Fsp3) is 0.857. The molecule has 0 amide bonds. The summed E-state index contributed by atoms with van der Waals surface area (Å²) in [6.07, 6.45) is 0. The first-order valence-corrected chi connectivity index (χ1v) is 5.25. The predicted octanol–water partition coefficient (Wildman–Crippen LogP) is -0.123.